The molecule has 0 amide bonds. The van der Waals surface area contributed by atoms with Gasteiger partial charge in [-0.25, -0.2) is 13.1 Å². The number of sulfonamides is 1. The lowest BCUT2D eigenvalue weighted by Gasteiger charge is -2.27. The maximum atomic E-state index is 12.7. The first kappa shape index (κ1) is 13.9. The Labute approximate surface area is 114 Å². The molecule has 0 radical (unpaired) electrons. The number of rotatable bonds is 3. The zero-order chi connectivity index (χ0) is 14.6. The highest BCUT2D eigenvalue weighted by Crippen LogP contribution is 2.48. The first-order valence-corrected chi connectivity index (χ1v) is 7.85. The zero-order valence-corrected chi connectivity index (χ0v) is 11.3. The molecular weight excluding hydrogens is 295 g/mol. The Morgan fingerprint density at radius 2 is 2.00 bits per heavy atom. The molecule has 0 aromatic carbocycles. The van der Waals surface area contributed by atoms with Crippen molar-refractivity contribution in [2.45, 2.75) is 48.7 Å². The molecule has 1 heterocycles. The second-order valence-corrected chi connectivity index (χ2v) is 7.29. The maximum Gasteiger partial charge on any atom is 0.434 e. The van der Waals surface area contributed by atoms with Crippen LogP contribution in [0.1, 0.15) is 37.8 Å². The van der Waals surface area contributed by atoms with Gasteiger partial charge in [0.1, 0.15) is 4.90 Å². The van der Waals surface area contributed by atoms with Crippen molar-refractivity contribution in [3.8, 4) is 0 Å². The number of nitrogens with one attached hydrogen (secondary N) is 2. The van der Waals surface area contributed by atoms with Crippen LogP contribution < -0.4 is 4.72 Å². The minimum Gasteiger partial charge on any atom is -0.272 e. The van der Waals surface area contributed by atoms with E-state index in [0.29, 0.717) is 31.4 Å². The molecule has 0 saturated heterocycles. The molecule has 0 spiro atoms. The summed E-state index contributed by atoms with van der Waals surface area (Å²) in [5.41, 5.74) is -1.89. The first-order chi connectivity index (χ1) is 9.22. The summed E-state index contributed by atoms with van der Waals surface area (Å²) in [6.07, 6.45) is -0.104. The molecule has 2 aliphatic rings. The Hall–Kier alpha value is -1.09. The molecule has 5 nitrogen and oxygen atoms in total. The van der Waals surface area contributed by atoms with Crippen molar-refractivity contribution in [2.24, 2.45) is 5.92 Å². The molecule has 3 rings (SSSR count). The van der Waals surface area contributed by atoms with Gasteiger partial charge in [-0.3, -0.25) is 5.10 Å². The van der Waals surface area contributed by atoms with E-state index in [1.54, 1.807) is 5.10 Å². The summed E-state index contributed by atoms with van der Waals surface area (Å²) in [5, 5.41) is 4.95. The number of H-pyrrole nitrogens is 1. The molecule has 2 bridgehead atoms. The van der Waals surface area contributed by atoms with E-state index in [2.05, 4.69) is 9.82 Å². The molecule has 9 heteroatoms. The minimum atomic E-state index is -4.77. The highest BCUT2D eigenvalue weighted by atomic mass is 32.2. The van der Waals surface area contributed by atoms with E-state index < -0.39 is 32.3 Å². The van der Waals surface area contributed by atoms with Crippen molar-refractivity contribution in [2.75, 3.05) is 0 Å². The van der Waals surface area contributed by atoms with Crippen LogP contribution in [0.25, 0.3) is 0 Å². The molecule has 2 fully saturated rings. The van der Waals surface area contributed by atoms with E-state index in [4.69, 9.17) is 0 Å². The van der Waals surface area contributed by atoms with E-state index >= 15 is 0 Å². The summed E-state index contributed by atoms with van der Waals surface area (Å²) < 4.78 is 65.2. The molecular formula is C11H14F3N3O2S. The Bertz CT molecular complexity index is 615. The van der Waals surface area contributed by atoms with Crippen molar-refractivity contribution in [3.63, 3.8) is 0 Å². The van der Waals surface area contributed by atoms with Gasteiger partial charge in [-0.05, 0) is 38.0 Å². The van der Waals surface area contributed by atoms with Crippen LogP contribution in [0.2, 0.25) is 0 Å². The molecule has 2 aliphatic carbocycles. The van der Waals surface area contributed by atoms with Gasteiger partial charge >= 0.3 is 6.18 Å². The van der Waals surface area contributed by atoms with Gasteiger partial charge in [-0.2, -0.15) is 18.3 Å². The van der Waals surface area contributed by atoms with E-state index in [1.807, 2.05) is 0 Å². The fraction of sp³-hybridized carbons (Fsp3) is 0.727. The van der Waals surface area contributed by atoms with Crippen LogP contribution in [0.3, 0.4) is 0 Å². The summed E-state index contributed by atoms with van der Waals surface area (Å²) in [5.74, 6) is 0.490. The fourth-order valence-corrected chi connectivity index (χ4v) is 4.95. The largest absolute Gasteiger partial charge is 0.434 e. The first-order valence-electron chi connectivity index (χ1n) is 6.36. The Morgan fingerprint density at radius 1 is 1.35 bits per heavy atom. The lowest BCUT2D eigenvalue weighted by molar-refractivity contribution is -0.143. The quantitative estimate of drug-likeness (QED) is 0.897. The van der Waals surface area contributed by atoms with Gasteiger partial charge in [0.15, 0.2) is 5.69 Å². The van der Waals surface area contributed by atoms with Gasteiger partial charge in [0.25, 0.3) is 0 Å². The van der Waals surface area contributed by atoms with Crippen molar-refractivity contribution in [3.05, 3.63) is 11.9 Å². The highest BCUT2D eigenvalue weighted by Gasteiger charge is 2.48. The number of halogens is 3. The molecule has 0 atom stereocenters. The predicted octanol–water partition coefficient (Wildman–Crippen LogP) is 2.04. The summed E-state index contributed by atoms with van der Waals surface area (Å²) >= 11 is 0. The third-order valence-electron chi connectivity index (χ3n) is 4.27. The van der Waals surface area contributed by atoms with Crippen LogP contribution in [0.5, 0.6) is 0 Å². The van der Waals surface area contributed by atoms with Gasteiger partial charge in [-0.1, -0.05) is 0 Å². The van der Waals surface area contributed by atoms with Crippen molar-refractivity contribution in [1.82, 2.24) is 14.9 Å². The van der Waals surface area contributed by atoms with E-state index in [9.17, 15) is 21.6 Å². The number of aromatic amines is 1. The monoisotopic (exact) mass is 309 g/mol. The van der Waals surface area contributed by atoms with Gasteiger partial charge in [0, 0.05) is 5.54 Å². The maximum absolute atomic E-state index is 12.7. The lowest BCUT2D eigenvalue weighted by Crippen LogP contribution is -2.45. The number of aromatic nitrogens is 2. The van der Waals surface area contributed by atoms with E-state index in [1.165, 1.54) is 0 Å². The molecule has 2 N–H and O–H groups in total. The average Bonchev–Trinajstić information content (AvgIpc) is 3.01. The van der Waals surface area contributed by atoms with Gasteiger partial charge < -0.3 is 0 Å². The number of hydrogen-bond donors (Lipinski definition) is 2. The van der Waals surface area contributed by atoms with E-state index in [-0.39, 0.29) is 0 Å². The fourth-order valence-electron chi connectivity index (χ4n) is 3.36. The van der Waals surface area contributed by atoms with Gasteiger partial charge in [0.05, 0.1) is 6.20 Å². The highest BCUT2D eigenvalue weighted by molar-refractivity contribution is 7.89. The Balaban J connectivity index is 1.92. The van der Waals surface area contributed by atoms with Crippen molar-refractivity contribution >= 4 is 10.0 Å². The summed E-state index contributed by atoms with van der Waals surface area (Å²) in [4.78, 5) is -0.824. The number of nitrogens with zero attached hydrogens (tertiary/aromatic N) is 1. The molecule has 0 aliphatic heterocycles. The summed E-state index contributed by atoms with van der Waals surface area (Å²) in [6.45, 7) is 0. The Morgan fingerprint density at radius 3 is 2.50 bits per heavy atom. The third-order valence-corrected chi connectivity index (χ3v) is 5.86. The Kier molecular flexibility index (Phi) is 2.91. The molecule has 0 unspecified atom stereocenters. The lowest BCUT2D eigenvalue weighted by atomic mass is 9.95. The van der Waals surface area contributed by atoms with Crippen LogP contribution in [0.15, 0.2) is 11.1 Å². The van der Waals surface area contributed by atoms with Crippen LogP contribution in [-0.2, 0) is 16.2 Å². The minimum absolute atomic E-state index is 0.490. The van der Waals surface area contributed by atoms with Gasteiger partial charge in [-0.15, -0.1) is 0 Å². The van der Waals surface area contributed by atoms with Crippen LogP contribution >= 0.6 is 0 Å². The average molecular weight is 309 g/mol. The van der Waals surface area contributed by atoms with Crippen LogP contribution in [0, 0.1) is 5.92 Å². The van der Waals surface area contributed by atoms with Crippen molar-refractivity contribution < 1.29 is 21.6 Å². The molecule has 1 aromatic heterocycles. The third kappa shape index (κ3) is 2.22. The van der Waals surface area contributed by atoms with Crippen LogP contribution in [0.4, 0.5) is 13.2 Å². The number of fused-ring (bicyclic) bond motifs is 2. The van der Waals surface area contributed by atoms with Crippen LogP contribution in [-0.4, -0.2) is 24.2 Å². The molecule has 1 aromatic rings. The molecule has 2 saturated carbocycles. The SMILES string of the molecule is O=S(=O)(NC12CCC(CC1)C2)c1cn[nH]c1C(F)(F)F. The number of hydrogen-bond acceptors (Lipinski definition) is 3. The topological polar surface area (TPSA) is 74.8 Å². The smallest absolute Gasteiger partial charge is 0.272 e. The van der Waals surface area contributed by atoms with E-state index in [0.717, 1.165) is 12.8 Å². The summed E-state index contributed by atoms with van der Waals surface area (Å²) in [7, 11) is -4.22. The second-order valence-electron chi connectivity index (χ2n) is 5.64. The van der Waals surface area contributed by atoms with Crippen molar-refractivity contribution in [1.29, 1.82) is 0 Å². The number of alkyl halides is 3. The van der Waals surface area contributed by atoms with Gasteiger partial charge in [0.2, 0.25) is 10.0 Å². The zero-order valence-electron chi connectivity index (χ0n) is 10.5. The summed E-state index contributed by atoms with van der Waals surface area (Å²) in [6, 6.07) is 0. The standard InChI is InChI=1S/C11H14F3N3O2S/c12-11(13,14)9-8(6-15-16-9)20(18,19)17-10-3-1-7(5-10)2-4-10/h6-7,17H,1-5H2,(H,15,16). The predicted molar refractivity (Wildman–Crippen MR) is 63.2 cm³/mol. The second kappa shape index (κ2) is 4.20. The molecule has 20 heavy (non-hydrogen) atoms. The normalized spacial score (nSPS) is 30.1. The molecule has 112 valence electrons.